The summed E-state index contributed by atoms with van der Waals surface area (Å²) in [5.74, 6) is -1.28. The van der Waals surface area contributed by atoms with Crippen LogP contribution >= 0.6 is 0 Å². The van der Waals surface area contributed by atoms with E-state index in [-0.39, 0.29) is 23.6 Å². The summed E-state index contributed by atoms with van der Waals surface area (Å²) in [5, 5.41) is 0. The zero-order valence-corrected chi connectivity index (χ0v) is 18.6. The zero-order chi connectivity index (χ0) is 22.8. The predicted molar refractivity (Wildman–Crippen MR) is 122 cm³/mol. The van der Waals surface area contributed by atoms with Crippen molar-refractivity contribution in [2.75, 3.05) is 16.9 Å². The molecule has 2 saturated heterocycles. The average molecular weight is 431 g/mol. The maximum absolute atomic E-state index is 13.7. The molecule has 0 N–H and O–H groups in total. The molecule has 0 saturated carbocycles. The molecular formula is C26H26N2O4. The van der Waals surface area contributed by atoms with Gasteiger partial charge in [0.2, 0.25) is 11.8 Å². The fourth-order valence-electron chi connectivity index (χ4n) is 5.24. The SMILES string of the molecule is COc1ccc(N2C(=O)C3C(C2=O)C(C(=O)C(C)(C)C)N2c4ccccc4C=CC32)cc1. The number of carbonyl (C=O) groups is 3. The number of imide groups is 1. The predicted octanol–water partition coefficient (Wildman–Crippen LogP) is 3.70. The van der Waals surface area contributed by atoms with Gasteiger partial charge in [0.1, 0.15) is 11.8 Å². The Morgan fingerprint density at radius 1 is 0.938 bits per heavy atom. The van der Waals surface area contributed by atoms with Crippen molar-refractivity contribution in [3.63, 3.8) is 0 Å². The highest BCUT2D eigenvalue weighted by Gasteiger charge is 2.64. The number of Topliss-reactive ketones (excluding diaryl/α,β-unsaturated/α-hetero) is 1. The van der Waals surface area contributed by atoms with E-state index in [9.17, 15) is 14.4 Å². The number of methoxy groups -OCH3 is 1. The number of ketones is 1. The Bertz CT molecular complexity index is 1150. The van der Waals surface area contributed by atoms with Gasteiger partial charge in [-0.1, -0.05) is 51.1 Å². The van der Waals surface area contributed by atoms with Crippen molar-refractivity contribution in [3.05, 3.63) is 60.2 Å². The fraction of sp³-hybridized carbons (Fsp3) is 0.346. The van der Waals surface area contributed by atoms with Gasteiger partial charge >= 0.3 is 0 Å². The van der Waals surface area contributed by atoms with Crippen LogP contribution in [0.5, 0.6) is 5.75 Å². The van der Waals surface area contributed by atoms with Gasteiger partial charge in [-0.05, 0) is 35.9 Å². The summed E-state index contributed by atoms with van der Waals surface area (Å²) in [5.41, 5.74) is 1.73. The van der Waals surface area contributed by atoms with Gasteiger partial charge in [0.05, 0.1) is 30.7 Å². The number of carbonyl (C=O) groups excluding carboxylic acids is 3. The van der Waals surface area contributed by atoms with E-state index >= 15 is 0 Å². The lowest BCUT2D eigenvalue weighted by Crippen LogP contribution is -2.51. The first-order valence-electron chi connectivity index (χ1n) is 10.9. The Morgan fingerprint density at radius 2 is 1.59 bits per heavy atom. The number of benzene rings is 2. The standard InChI is InChI=1S/C26H26N2O4/c1-26(2,3)23(29)22-21-20(19-14-9-15-7-5-6-8-18(15)28(19)22)24(30)27(25(21)31)16-10-12-17(32-4)13-11-16/h5-14,19-22H,1-4H3. The summed E-state index contributed by atoms with van der Waals surface area (Å²) in [4.78, 5) is 44.3. The molecule has 2 amide bonds. The highest BCUT2D eigenvalue weighted by Crippen LogP contribution is 2.50. The molecule has 3 aliphatic rings. The Hall–Kier alpha value is -3.41. The summed E-state index contributed by atoms with van der Waals surface area (Å²) in [6, 6.07) is 13.7. The van der Waals surface area contributed by atoms with Gasteiger partial charge in [-0.15, -0.1) is 0 Å². The molecule has 164 valence electrons. The lowest BCUT2D eigenvalue weighted by molar-refractivity contribution is -0.132. The number of anilines is 2. The number of amides is 2. The normalized spacial score (nSPS) is 26.1. The minimum absolute atomic E-state index is 0.0298. The van der Waals surface area contributed by atoms with Crippen LogP contribution in [0.2, 0.25) is 0 Å². The Labute approximate surface area is 187 Å². The molecule has 3 heterocycles. The topological polar surface area (TPSA) is 66.9 Å². The van der Waals surface area contributed by atoms with Crippen LogP contribution in [0, 0.1) is 17.3 Å². The molecule has 32 heavy (non-hydrogen) atoms. The van der Waals surface area contributed by atoms with E-state index in [4.69, 9.17) is 4.74 Å². The van der Waals surface area contributed by atoms with E-state index in [1.54, 1.807) is 31.4 Å². The minimum atomic E-state index is -0.725. The third-order valence-corrected chi connectivity index (χ3v) is 6.75. The third kappa shape index (κ3) is 2.82. The molecular weight excluding hydrogens is 404 g/mol. The van der Waals surface area contributed by atoms with Crippen molar-refractivity contribution in [3.8, 4) is 5.75 Å². The van der Waals surface area contributed by atoms with Gasteiger partial charge in [0.25, 0.3) is 0 Å². The number of para-hydroxylation sites is 1. The number of hydrogen-bond donors (Lipinski definition) is 0. The van der Waals surface area contributed by atoms with Crippen molar-refractivity contribution in [1.82, 2.24) is 0 Å². The van der Waals surface area contributed by atoms with Crippen LogP contribution in [-0.4, -0.2) is 36.8 Å². The lowest BCUT2D eigenvalue weighted by atomic mass is 9.79. The quantitative estimate of drug-likeness (QED) is 0.695. The second-order valence-corrected chi connectivity index (χ2v) is 9.64. The van der Waals surface area contributed by atoms with Gasteiger partial charge in [-0.25, -0.2) is 4.90 Å². The maximum Gasteiger partial charge on any atom is 0.240 e. The highest BCUT2D eigenvalue weighted by atomic mass is 16.5. The number of fused-ring (bicyclic) bond motifs is 5. The van der Waals surface area contributed by atoms with E-state index in [1.807, 2.05) is 62.1 Å². The number of hydrogen-bond acceptors (Lipinski definition) is 5. The highest BCUT2D eigenvalue weighted by molar-refractivity contribution is 6.25. The minimum Gasteiger partial charge on any atom is -0.497 e. The smallest absolute Gasteiger partial charge is 0.240 e. The van der Waals surface area contributed by atoms with Gasteiger partial charge < -0.3 is 9.64 Å². The van der Waals surface area contributed by atoms with Crippen molar-refractivity contribution in [2.24, 2.45) is 17.3 Å². The van der Waals surface area contributed by atoms with Crippen LogP contribution in [0.4, 0.5) is 11.4 Å². The maximum atomic E-state index is 13.7. The van der Waals surface area contributed by atoms with E-state index in [0.29, 0.717) is 11.4 Å². The molecule has 6 heteroatoms. The van der Waals surface area contributed by atoms with Crippen LogP contribution < -0.4 is 14.5 Å². The van der Waals surface area contributed by atoms with Crippen molar-refractivity contribution >= 4 is 35.0 Å². The molecule has 6 nitrogen and oxygen atoms in total. The fourth-order valence-corrected chi connectivity index (χ4v) is 5.24. The van der Waals surface area contributed by atoms with Gasteiger partial charge in [-0.2, -0.15) is 0 Å². The van der Waals surface area contributed by atoms with Gasteiger partial charge in [0.15, 0.2) is 5.78 Å². The van der Waals surface area contributed by atoms with Crippen molar-refractivity contribution in [2.45, 2.75) is 32.9 Å². The number of nitrogens with zero attached hydrogens (tertiary/aromatic N) is 2. The second-order valence-electron chi connectivity index (χ2n) is 9.64. The first-order chi connectivity index (χ1) is 15.2. The summed E-state index contributed by atoms with van der Waals surface area (Å²) >= 11 is 0. The van der Waals surface area contributed by atoms with Gasteiger partial charge in [-0.3, -0.25) is 14.4 Å². The van der Waals surface area contributed by atoms with E-state index < -0.39 is 23.3 Å². The van der Waals surface area contributed by atoms with E-state index in [1.165, 1.54) is 4.90 Å². The Morgan fingerprint density at radius 3 is 2.25 bits per heavy atom. The van der Waals surface area contributed by atoms with Crippen LogP contribution in [0.3, 0.4) is 0 Å². The second kappa shape index (κ2) is 7.05. The molecule has 4 atom stereocenters. The molecule has 2 aromatic rings. The lowest BCUT2D eigenvalue weighted by Gasteiger charge is -2.38. The van der Waals surface area contributed by atoms with Crippen molar-refractivity contribution < 1.29 is 19.1 Å². The molecule has 2 aromatic carbocycles. The van der Waals surface area contributed by atoms with Crippen LogP contribution in [0.1, 0.15) is 26.3 Å². The number of rotatable bonds is 3. The molecule has 0 radical (unpaired) electrons. The van der Waals surface area contributed by atoms with Crippen LogP contribution in [-0.2, 0) is 14.4 Å². The Balaban J connectivity index is 1.62. The van der Waals surface area contributed by atoms with Crippen LogP contribution in [0.15, 0.2) is 54.6 Å². The summed E-state index contributed by atoms with van der Waals surface area (Å²) < 4.78 is 5.20. The molecule has 0 bridgehead atoms. The molecule has 4 unspecified atom stereocenters. The molecule has 2 fully saturated rings. The van der Waals surface area contributed by atoms with Crippen LogP contribution in [0.25, 0.3) is 6.08 Å². The monoisotopic (exact) mass is 430 g/mol. The summed E-state index contributed by atoms with van der Waals surface area (Å²) in [7, 11) is 1.57. The molecule has 0 spiro atoms. The molecule has 0 aromatic heterocycles. The average Bonchev–Trinajstić information content (AvgIpc) is 3.25. The number of ether oxygens (including phenoxy) is 1. The molecule has 5 rings (SSSR count). The summed E-state index contributed by atoms with van der Waals surface area (Å²) in [6.07, 6.45) is 3.96. The molecule has 3 aliphatic heterocycles. The zero-order valence-electron chi connectivity index (χ0n) is 18.6. The molecule has 0 aliphatic carbocycles. The third-order valence-electron chi connectivity index (χ3n) is 6.75. The van der Waals surface area contributed by atoms with Crippen molar-refractivity contribution in [1.29, 1.82) is 0 Å². The Kier molecular flexibility index (Phi) is 4.52. The first-order valence-corrected chi connectivity index (χ1v) is 10.9. The first kappa shape index (κ1) is 20.5. The summed E-state index contributed by atoms with van der Waals surface area (Å²) in [6.45, 7) is 5.60. The largest absolute Gasteiger partial charge is 0.497 e. The van der Waals surface area contributed by atoms with Gasteiger partial charge in [0, 0.05) is 11.1 Å². The van der Waals surface area contributed by atoms with E-state index in [2.05, 4.69) is 0 Å². The van der Waals surface area contributed by atoms with E-state index in [0.717, 1.165) is 11.3 Å².